The molecule has 2 aliphatic heterocycles. The number of hydrogen-bond donors (Lipinski definition) is 1. The first-order valence-corrected chi connectivity index (χ1v) is 4.89. The predicted molar refractivity (Wildman–Crippen MR) is 52.2 cm³/mol. The second-order valence-electron chi connectivity index (χ2n) is 3.67. The number of ether oxygens (including phenoxy) is 1. The summed E-state index contributed by atoms with van der Waals surface area (Å²) in [6, 6.07) is 0.100. The molecule has 0 spiro atoms. The van der Waals surface area contributed by atoms with Crippen LogP contribution in [0.5, 0.6) is 0 Å². The third-order valence-corrected chi connectivity index (χ3v) is 2.44. The Hall–Kier alpha value is -1.43. The van der Waals surface area contributed by atoms with E-state index < -0.39 is 0 Å². The fourth-order valence-electron chi connectivity index (χ4n) is 1.42. The second-order valence-corrected chi connectivity index (χ2v) is 3.67. The Morgan fingerprint density at radius 3 is 2.80 bits per heavy atom. The van der Waals surface area contributed by atoms with Crippen molar-refractivity contribution in [3.05, 3.63) is 0 Å². The van der Waals surface area contributed by atoms with Crippen LogP contribution in [-0.4, -0.2) is 48.8 Å². The zero-order chi connectivity index (χ0) is 10.8. The van der Waals surface area contributed by atoms with Gasteiger partial charge in [-0.25, -0.2) is 5.01 Å². The van der Waals surface area contributed by atoms with Gasteiger partial charge in [0.1, 0.15) is 5.71 Å². The first-order valence-electron chi connectivity index (χ1n) is 4.89. The molecule has 0 aliphatic carbocycles. The minimum Gasteiger partial charge on any atom is -0.377 e. The molecular weight excluding hydrogens is 198 g/mol. The number of hydrogen-bond acceptors (Lipinski definition) is 4. The van der Waals surface area contributed by atoms with Crippen molar-refractivity contribution in [2.45, 2.75) is 18.9 Å². The molecule has 0 atom stereocenters. The van der Waals surface area contributed by atoms with E-state index in [4.69, 9.17) is 4.74 Å². The summed E-state index contributed by atoms with van der Waals surface area (Å²) in [5, 5.41) is 7.93. The van der Waals surface area contributed by atoms with Crippen LogP contribution in [0.1, 0.15) is 12.8 Å². The highest BCUT2D eigenvalue weighted by molar-refractivity contribution is 6.39. The summed E-state index contributed by atoms with van der Waals surface area (Å²) in [6.07, 6.45) is 0.770. The molecule has 2 heterocycles. The molecule has 2 amide bonds. The van der Waals surface area contributed by atoms with Crippen molar-refractivity contribution in [2.24, 2.45) is 5.10 Å². The van der Waals surface area contributed by atoms with Crippen LogP contribution in [0, 0.1) is 0 Å². The summed E-state index contributed by atoms with van der Waals surface area (Å²) in [5.74, 6) is -0.249. The van der Waals surface area contributed by atoms with E-state index in [0.29, 0.717) is 31.8 Å². The SMILES string of the molecule is CN1N=C(C(=O)NC2COC2)CCC1=O. The van der Waals surface area contributed by atoms with Gasteiger partial charge in [0.15, 0.2) is 0 Å². The molecule has 82 valence electrons. The molecule has 0 aromatic rings. The molecule has 0 radical (unpaired) electrons. The Morgan fingerprint density at radius 2 is 2.27 bits per heavy atom. The lowest BCUT2D eigenvalue weighted by Crippen LogP contribution is -2.51. The van der Waals surface area contributed by atoms with E-state index in [-0.39, 0.29) is 17.9 Å². The van der Waals surface area contributed by atoms with E-state index in [1.54, 1.807) is 7.05 Å². The monoisotopic (exact) mass is 211 g/mol. The fraction of sp³-hybridized carbons (Fsp3) is 0.667. The van der Waals surface area contributed by atoms with Crippen molar-refractivity contribution in [2.75, 3.05) is 20.3 Å². The predicted octanol–water partition coefficient (Wildman–Crippen LogP) is -0.890. The molecule has 6 heteroatoms. The highest BCUT2D eigenvalue weighted by Gasteiger charge is 2.26. The topological polar surface area (TPSA) is 71.0 Å². The highest BCUT2D eigenvalue weighted by atomic mass is 16.5. The van der Waals surface area contributed by atoms with E-state index in [9.17, 15) is 9.59 Å². The van der Waals surface area contributed by atoms with Gasteiger partial charge in [0.05, 0.1) is 19.3 Å². The van der Waals surface area contributed by atoms with Gasteiger partial charge < -0.3 is 10.1 Å². The van der Waals surface area contributed by atoms with Crippen molar-refractivity contribution >= 4 is 17.5 Å². The van der Waals surface area contributed by atoms with Crippen LogP contribution < -0.4 is 5.32 Å². The minimum atomic E-state index is -0.192. The van der Waals surface area contributed by atoms with E-state index in [0.717, 1.165) is 0 Å². The van der Waals surface area contributed by atoms with Crippen molar-refractivity contribution < 1.29 is 14.3 Å². The second kappa shape index (κ2) is 3.98. The molecule has 2 aliphatic rings. The molecule has 15 heavy (non-hydrogen) atoms. The van der Waals surface area contributed by atoms with Crippen molar-refractivity contribution in [1.82, 2.24) is 10.3 Å². The number of rotatable bonds is 2. The Bertz CT molecular complexity index is 323. The molecule has 1 fully saturated rings. The zero-order valence-electron chi connectivity index (χ0n) is 8.52. The Kier molecular flexibility index (Phi) is 2.68. The lowest BCUT2D eigenvalue weighted by Gasteiger charge is -2.27. The van der Waals surface area contributed by atoms with Gasteiger partial charge in [0.25, 0.3) is 5.91 Å². The van der Waals surface area contributed by atoms with Crippen LogP contribution in [0.2, 0.25) is 0 Å². The smallest absolute Gasteiger partial charge is 0.267 e. The Labute approximate surface area is 87.3 Å². The lowest BCUT2D eigenvalue weighted by atomic mass is 10.1. The van der Waals surface area contributed by atoms with Gasteiger partial charge >= 0.3 is 0 Å². The maximum absolute atomic E-state index is 11.6. The van der Waals surface area contributed by atoms with Gasteiger partial charge in [-0.15, -0.1) is 0 Å². The molecule has 0 saturated carbocycles. The van der Waals surface area contributed by atoms with Crippen molar-refractivity contribution in [1.29, 1.82) is 0 Å². The molecule has 0 aromatic carbocycles. The molecule has 2 rings (SSSR count). The standard InChI is InChI=1S/C9H13N3O3/c1-12-8(13)3-2-7(11-12)9(14)10-6-4-15-5-6/h6H,2-5H2,1H3,(H,10,14). The largest absolute Gasteiger partial charge is 0.377 e. The average Bonchev–Trinajstić information content (AvgIpc) is 2.15. The summed E-state index contributed by atoms with van der Waals surface area (Å²) in [6.45, 7) is 1.13. The summed E-state index contributed by atoms with van der Waals surface area (Å²) >= 11 is 0. The molecular formula is C9H13N3O3. The zero-order valence-corrected chi connectivity index (χ0v) is 8.52. The molecule has 0 aromatic heterocycles. The minimum absolute atomic E-state index is 0.0569. The summed E-state index contributed by atoms with van der Waals surface area (Å²) in [4.78, 5) is 22.7. The van der Waals surface area contributed by atoms with Crippen LogP contribution >= 0.6 is 0 Å². The summed E-state index contributed by atoms with van der Waals surface area (Å²) < 4.78 is 4.94. The van der Waals surface area contributed by atoms with Gasteiger partial charge in [-0.3, -0.25) is 9.59 Å². The van der Waals surface area contributed by atoms with Crippen LogP contribution in [0.3, 0.4) is 0 Å². The summed E-state index contributed by atoms with van der Waals surface area (Å²) in [7, 11) is 1.56. The van der Waals surface area contributed by atoms with Gasteiger partial charge in [-0.1, -0.05) is 0 Å². The normalized spacial score (nSPS) is 22.1. The van der Waals surface area contributed by atoms with E-state index in [2.05, 4.69) is 10.4 Å². The molecule has 1 saturated heterocycles. The lowest BCUT2D eigenvalue weighted by molar-refractivity contribution is -0.130. The maximum atomic E-state index is 11.6. The van der Waals surface area contributed by atoms with Gasteiger partial charge in [-0.05, 0) is 0 Å². The third kappa shape index (κ3) is 2.15. The van der Waals surface area contributed by atoms with Crippen molar-refractivity contribution in [3.8, 4) is 0 Å². The Balaban J connectivity index is 1.94. The van der Waals surface area contributed by atoms with Gasteiger partial charge in [0.2, 0.25) is 5.91 Å². The number of amides is 2. The molecule has 1 N–H and O–H groups in total. The highest BCUT2D eigenvalue weighted by Crippen LogP contribution is 2.08. The van der Waals surface area contributed by atoms with Gasteiger partial charge in [-0.2, -0.15) is 5.10 Å². The number of nitrogens with one attached hydrogen (secondary N) is 1. The van der Waals surface area contributed by atoms with Crippen LogP contribution in [0.25, 0.3) is 0 Å². The third-order valence-electron chi connectivity index (χ3n) is 2.44. The fourth-order valence-corrected chi connectivity index (χ4v) is 1.42. The number of nitrogens with zero attached hydrogens (tertiary/aromatic N) is 2. The van der Waals surface area contributed by atoms with E-state index in [1.807, 2.05) is 0 Å². The first-order chi connectivity index (χ1) is 7.16. The quantitative estimate of drug-likeness (QED) is 0.644. The molecule has 0 bridgehead atoms. The van der Waals surface area contributed by atoms with Crippen LogP contribution in [-0.2, 0) is 14.3 Å². The van der Waals surface area contributed by atoms with E-state index >= 15 is 0 Å². The number of carbonyl (C=O) groups is 2. The number of hydrazone groups is 1. The van der Waals surface area contributed by atoms with Crippen molar-refractivity contribution in [3.63, 3.8) is 0 Å². The first kappa shape index (κ1) is 10.1. The summed E-state index contributed by atoms with van der Waals surface area (Å²) in [5.41, 5.74) is 0.420. The van der Waals surface area contributed by atoms with Crippen LogP contribution in [0.15, 0.2) is 5.10 Å². The maximum Gasteiger partial charge on any atom is 0.267 e. The average molecular weight is 211 g/mol. The molecule has 0 unspecified atom stereocenters. The Morgan fingerprint density at radius 1 is 1.53 bits per heavy atom. The van der Waals surface area contributed by atoms with Gasteiger partial charge in [0, 0.05) is 19.9 Å². The van der Waals surface area contributed by atoms with Crippen LogP contribution in [0.4, 0.5) is 0 Å². The molecule has 6 nitrogen and oxygen atoms in total. The van der Waals surface area contributed by atoms with E-state index in [1.165, 1.54) is 5.01 Å². The number of carbonyl (C=O) groups excluding carboxylic acids is 2.